The summed E-state index contributed by atoms with van der Waals surface area (Å²) in [5, 5.41) is 4.21. The van der Waals surface area contributed by atoms with E-state index in [0.29, 0.717) is 24.0 Å². The van der Waals surface area contributed by atoms with Crippen molar-refractivity contribution in [3.8, 4) is 0 Å². The van der Waals surface area contributed by atoms with Gasteiger partial charge in [0.25, 0.3) is 5.91 Å². The summed E-state index contributed by atoms with van der Waals surface area (Å²) >= 11 is 0. The van der Waals surface area contributed by atoms with Crippen molar-refractivity contribution in [2.45, 2.75) is 19.0 Å². The van der Waals surface area contributed by atoms with Gasteiger partial charge in [-0.25, -0.2) is 9.97 Å². The molecule has 5 rings (SSSR count). The summed E-state index contributed by atoms with van der Waals surface area (Å²) in [6, 6.07) is 16.5. The molecule has 0 radical (unpaired) electrons. The predicted octanol–water partition coefficient (Wildman–Crippen LogP) is 3.27. The van der Waals surface area contributed by atoms with E-state index < -0.39 is 0 Å². The summed E-state index contributed by atoms with van der Waals surface area (Å²) < 4.78 is 1.98. The lowest BCUT2D eigenvalue weighted by Crippen LogP contribution is -2.34. The zero-order valence-electron chi connectivity index (χ0n) is 17.8. The molecule has 0 aliphatic carbocycles. The van der Waals surface area contributed by atoms with E-state index in [9.17, 15) is 4.79 Å². The van der Waals surface area contributed by atoms with E-state index in [1.54, 1.807) is 6.33 Å². The van der Waals surface area contributed by atoms with Gasteiger partial charge in [0.2, 0.25) is 0 Å². The van der Waals surface area contributed by atoms with Crippen LogP contribution in [0, 0.1) is 0 Å². The summed E-state index contributed by atoms with van der Waals surface area (Å²) in [7, 11) is 4.14. The van der Waals surface area contributed by atoms with E-state index in [1.165, 1.54) is 0 Å². The third kappa shape index (κ3) is 3.51. The van der Waals surface area contributed by atoms with E-state index >= 15 is 0 Å². The van der Waals surface area contributed by atoms with Gasteiger partial charge >= 0.3 is 0 Å². The van der Waals surface area contributed by atoms with E-state index in [0.717, 1.165) is 41.6 Å². The number of hydrogen-bond acceptors (Lipinski definition) is 5. The molecular weight excluding hydrogens is 388 g/mol. The minimum absolute atomic E-state index is 0.0422. The van der Waals surface area contributed by atoms with Crippen LogP contribution >= 0.6 is 0 Å². The Morgan fingerprint density at radius 2 is 1.94 bits per heavy atom. The van der Waals surface area contributed by atoms with Gasteiger partial charge in [-0.15, -0.1) is 0 Å². The molecule has 0 spiro atoms. The first kappa shape index (κ1) is 19.5. The van der Waals surface area contributed by atoms with Crippen LogP contribution in [0.3, 0.4) is 0 Å². The molecule has 1 fully saturated rings. The van der Waals surface area contributed by atoms with Crippen molar-refractivity contribution in [1.82, 2.24) is 24.2 Å². The highest BCUT2D eigenvalue weighted by atomic mass is 16.2. The molecule has 7 nitrogen and oxygen atoms in total. The SMILES string of the molecule is CN(C)C1CCN(C(=O)c2c3c(NCc4ccccc4)ncnc3n3ccccc23)C1. The number of likely N-dealkylation sites (tertiary alicyclic amines) is 1. The van der Waals surface area contributed by atoms with Crippen molar-refractivity contribution >= 4 is 28.3 Å². The minimum Gasteiger partial charge on any atom is -0.365 e. The van der Waals surface area contributed by atoms with Crippen LogP contribution in [0.2, 0.25) is 0 Å². The molecule has 4 heterocycles. The molecule has 158 valence electrons. The van der Waals surface area contributed by atoms with Gasteiger partial charge in [0.15, 0.2) is 5.65 Å². The van der Waals surface area contributed by atoms with E-state index in [-0.39, 0.29) is 5.91 Å². The van der Waals surface area contributed by atoms with Crippen LogP contribution in [0.1, 0.15) is 22.3 Å². The van der Waals surface area contributed by atoms with Crippen molar-refractivity contribution in [3.63, 3.8) is 0 Å². The zero-order valence-corrected chi connectivity index (χ0v) is 17.8. The summed E-state index contributed by atoms with van der Waals surface area (Å²) in [6.45, 7) is 2.12. The smallest absolute Gasteiger partial charge is 0.256 e. The number of carbonyl (C=O) groups is 1. The summed E-state index contributed by atoms with van der Waals surface area (Å²) in [5.74, 6) is 0.727. The van der Waals surface area contributed by atoms with Crippen molar-refractivity contribution in [2.24, 2.45) is 0 Å². The van der Waals surface area contributed by atoms with Gasteiger partial charge in [-0.3, -0.25) is 4.79 Å². The number of amides is 1. The van der Waals surface area contributed by atoms with Crippen LogP contribution in [-0.2, 0) is 6.54 Å². The molecule has 1 N–H and O–H groups in total. The Balaban J connectivity index is 1.59. The predicted molar refractivity (Wildman–Crippen MR) is 122 cm³/mol. The maximum absolute atomic E-state index is 13.7. The molecule has 7 heteroatoms. The average molecular weight is 415 g/mol. The Morgan fingerprint density at radius 3 is 2.71 bits per heavy atom. The van der Waals surface area contributed by atoms with Gasteiger partial charge < -0.3 is 19.5 Å². The summed E-state index contributed by atoms with van der Waals surface area (Å²) in [5.41, 5.74) is 3.43. The number of nitrogens with zero attached hydrogens (tertiary/aromatic N) is 5. The number of hydrogen-bond donors (Lipinski definition) is 1. The molecule has 4 aromatic rings. The quantitative estimate of drug-likeness (QED) is 0.543. The van der Waals surface area contributed by atoms with Gasteiger partial charge in [0.05, 0.1) is 16.5 Å². The first-order valence-corrected chi connectivity index (χ1v) is 10.6. The number of likely N-dealkylation sites (N-methyl/N-ethyl adjacent to an activating group) is 1. The summed E-state index contributed by atoms with van der Waals surface area (Å²) in [6.07, 6.45) is 4.49. The number of benzene rings is 1. The van der Waals surface area contributed by atoms with E-state index in [4.69, 9.17) is 0 Å². The summed E-state index contributed by atoms with van der Waals surface area (Å²) in [4.78, 5) is 26.9. The topological polar surface area (TPSA) is 65.8 Å². The molecule has 1 aliphatic heterocycles. The number of pyridine rings is 1. The van der Waals surface area contributed by atoms with Gasteiger partial charge in [0.1, 0.15) is 12.1 Å². The van der Waals surface area contributed by atoms with Crippen molar-refractivity contribution in [3.05, 3.63) is 72.2 Å². The van der Waals surface area contributed by atoms with Crippen molar-refractivity contribution in [1.29, 1.82) is 0 Å². The Kier molecular flexibility index (Phi) is 5.03. The van der Waals surface area contributed by atoms with Crippen LogP contribution in [0.15, 0.2) is 61.1 Å². The van der Waals surface area contributed by atoms with E-state index in [2.05, 4.69) is 46.4 Å². The third-order valence-corrected chi connectivity index (χ3v) is 6.12. The third-order valence-electron chi connectivity index (χ3n) is 6.12. The minimum atomic E-state index is 0.0422. The van der Waals surface area contributed by atoms with Crippen LogP contribution < -0.4 is 5.32 Å². The highest BCUT2D eigenvalue weighted by Gasteiger charge is 2.32. The Bertz CT molecular complexity index is 1230. The molecule has 1 amide bonds. The highest BCUT2D eigenvalue weighted by molar-refractivity contribution is 6.16. The Morgan fingerprint density at radius 1 is 1.13 bits per heavy atom. The van der Waals surface area contributed by atoms with Crippen molar-refractivity contribution in [2.75, 3.05) is 32.5 Å². The van der Waals surface area contributed by atoms with Crippen LogP contribution in [0.4, 0.5) is 5.82 Å². The molecule has 1 aromatic carbocycles. The van der Waals surface area contributed by atoms with Crippen LogP contribution in [0.5, 0.6) is 0 Å². The van der Waals surface area contributed by atoms with Crippen molar-refractivity contribution < 1.29 is 4.79 Å². The normalized spacial score (nSPS) is 16.5. The molecule has 1 saturated heterocycles. The molecule has 1 aliphatic rings. The number of carbonyl (C=O) groups excluding carboxylic acids is 1. The standard InChI is InChI=1S/C24H26N6O/c1-28(2)18-11-13-29(15-18)24(31)20-19-10-6-7-12-30(19)23-21(20)22(26-16-27-23)25-14-17-8-4-3-5-9-17/h3-10,12,16,18H,11,13-15H2,1-2H3,(H,25,26,27). The zero-order chi connectivity index (χ0) is 21.4. The molecular formula is C24H26N6O. The first-order valence-electron chi connectivity index (χ1n) is 10.6. The van der Waals surface area contributed by atoms with Gasteiger partial charge in [-0.2, -0.15) is 0 Å². The number of fused-ring (bicyclic) bond motifs is 3. The lowest BCUT2D eigenvalue weighted by Gasteiger charge is -2.20. The number of anilines is 1. The second-order valence-corrected chi connectivity index (χ2v) is 8.25. The Hall–Kier alpha value is -3.45. The Labute approximate surface area is 181 Å². The van der Waals surface area contributed by atoms with Gasteiger partial charge in [-0.05, 0) is 38.2 Å². The number of rotatable bonds is 5. The lowest BCUT2D eigenvalue weighted by atomic mass is 10.1. The average Bonchev–Trinajstić information content (AvgIpc) is 3.42. The van der Waals surface area contributed by atoms with Gasteiger partial charge in [0, 0.05) is 31.9 Å². The fraction of sp³-hybridized carbons (Fsp3) is 0.292. The van der Waals surface area contributed by atoms with Gasteiger partial charge in [-0.1, -0.05) is 36.4 Å². The molecule has 31 heavy (non-hydrogen) atoms. The molecule has 1 atom stereocenters. The number of aromatic nitrogens is 3. The maximum Gasteiger partial charge on any atom is 0.256 e. The monoisotopic (exact) mass is 414 g/mol. The fourth-order valence-electron chi connectivity index (χ4n) is 4.39. The molecule has 0 saturated carbocycles. The largest absolute Gasteiger partial charge is 0.365 e. The molecule has 1 unspecified atom stereocenters. The number of nitrogens with one attached hydrogen (secondary N) is 1. The maximum atomic E-state index is 13.7. The molecule has 3 aromatic heterocycles. The first-order chi connectivity index (χ1) is 15.1. The van der Waals surface area contributed by atoms with Crippen LogP contribution in [-0.4, -0.2) is 63.3 Å². The second-order valence-electron chi connectivity index (χ2n) is 8.25. The lowest BCUT2D eigenvalue weighted by molar-refractivity contribution is 0.0787. The fourth-order valence-corrected chi connectivity index (χ4v) is 4.39. The van der Waals surface area contributed by atoms with E-state index in [1.807, 2.05) is 51.9 Å². The highest BCUT2D eigenvalue weighted by Crippen LogP contribution is 2.32. The second kappa shape index (κ2) is 8.00. The molecule has 0 bridgehead atoms. The van der Waals surface area contributed by atoms with Crippen LogP contribution in [0.25, 0.3) is 16.6 Å².